The van der Waals surface area contributed by atoms with Gasteiger partial charge in [-0.15, -0.1) is 11.3 Å². The molecule has 0 spiro atoms. The number of hydrogen-bond acceptors (Lipinski definition) is 3. The summed E-state index contributed by atoms with van der Waals surface area (Å²) < 4.78 is 0. The molecule has 2 atom stereocenters. The van der Waals surface area contributed by atoms with Gasteiger partial charge in [0.15, 0.2) is 0 Å². The molecule has 2 unspecified atom stereocenters. The normalized spacial score (nSPS) is 25.1. The first-order chi connectivity index (χ1) is 8.33. The monoisotopic (exact) mass is 252 g/mol. The quantitative estimate of drug-likeness (QED) is 0.858. The number of hydrogen-bond donors (Lipinski definition) is 1. The molecule has 0 amide bonds. The molecule has 1 N–H and O–H groups in total. The first-order valence-electron chi connectivity index (χ1n) is 6.98. The summed E-state index contributed by atoms with van der Waals surface area (Å²) in [6, 6.07) is 0. The number of aromatic nitrogens is 1. The second-order valence-electron chi connectivity index (χ2n) is 5.10. The Morgan fingerprint density at radius 1 is 1.41 bits per heavy atom. The second-order valence-corrected chi connectivity index (χ2v) is 5.98. The van der Waals surface area contributed by atoms with Crippen molar-refractivity contribution in [2.24, 2.45) is 5.92 Å². The van der Waals surface area contributed by atoms with Gasteiger partial charge in [0.25, 0.3) is 0 Å². The van der Waals surface area contributed by atoms with E-state index < -0.39 is 0 Å². The predicted octanol–water partition coefficient (Wildman–Crippen LogP) is 3.94. The first kappa shape index (κ1) is 13.0. The zero-order chi connectivity index (χ0) is 12.1. The Labute approximate surface area is 109 Å². The van der Waals surface area contributed by atoms with Crippen LogP contribution in [0.4, 0.5) is 0 Å². The summed E-state index contributed by atoms with van der Waals surface area (Å²) >= 11 is 1.87. The summed E-state index contributed by atoms with van der Waals surface area (Å²) in [6.45, 7) is 6.41. The van der Waals surface area contributed by atoms with Crippen molar-refractivity contribution in [1.29, 1.82) is 0 Å². The number of thiazole rings is 1. The molecule has 1 aromatic heterocycles. The average molecular weight is 252 g/mol. The highest BCUT2D eigenvalue weighted by molar-refractivity contribution is 7.09. The van der Waals surface area contributed by atoms with Crippen LogP contribution >= 0.6 is 11.3 Å². The molecule has 1 fully saturated rings. The molecular weight excluding hydrogens is 228 g/mol. The molecule has 1 aliphatic carbocycles. The smallest absolute Gasteiger partial charge is 0.0959 e. The lowest BCUT2D eigenvalue weighted by Crippen LogP contribution is -2.14. The molecule has 0 radical (unpaired) electrons. The van der Waals surface area contributed by atoms with Gasteiger partial charge in [-0.2, -0.15) is 0 Å². The molecule has 17 heavy (non-hydrogen) atoms. The van der Waals surface area contributed by atoms with Gasteiger partial charge in [0.05, 0.1) is 10.7 Å². The molecular formula is C14H24N2S. The van der Waals surface area contributed by atoms with Crippen LogP contribution in [0.25, 0.3) is 0 Å². The molecule has 0 saturated heterocycles. The Bertz CT molecular complexity index is 335. The number of nitrogens with one attached hydrogen (secondary N) is 1. The molecule has 2 rings (SSSR count). The predicted molar refractivity (Wildman–Crippen MR) is 74.5 cm³/mol. The highest BCUT2D eigenvalue weighted by Crippen LogP contribution is 2.38. The van der Waals surface area contributed by atoms with Crippen LogP contribution in [-0.2, 0) is 6.54 Å². The number of rotatable bonds is 5. The Balaban J connectivity index is 1.94. The molecule has 96 valence electrons. The summed E-state index contributed by atoms with van der Waals surface area (Å²) in [4.78, 5) is 4.80. The van der Waals surface area contributed by atoms with Gasteiger partial charge >= 0.3 is 0 Å². The van der Waals surface area contributed by atoms with Crippen LogP contribution in [0.15, 0.2) is 5.38 Å². The third-order valence-corrected chi connectivity index (χ3v) is 4.89. The lowest BCUT2D eigenvalue weighted by Gasteiger charge is -2.26. The molecule has 3 heteroatoms. The Kier molecular flexibility index (Phi) is 4.99. The van der Waals surface area contributed by atoms with Gasteiger partial charge in [-0.1, -0.05) is 33.1 Å². The molecule has 0 bridgehead atoms. The van der Waals surface area contributed by atoms with E-state index in [9.17, 15) is 0 Å². The first-order valence-corrected chi connectivity index (χ1v) is 7.86. The molecule has 1 aromatic rings. The lowest BCUT2D eigenvalue weighted by molar-refractivity contribution is 0.314. The van der Waals surface area contributed by atoms with Crippen LogP contribution in [0.1, 0.15) is 62.6 Å². The molecule has 1 heterocycles. The van der Waals surface area contributed by atoms with Gasteiger partial charge in [-0.05, 0) is 25.3 Å². The van der Waals surface area contributed by atoms with E-state index in [1.807, 2.05) is 11.3 Å². The highest BCUT2D eigenvalue weighted by Gasteiger charge is 2.24. The minimum absolute atomic E-state index is 0.745. The van der Waals surface area contributed by atoms with Gasteiger partial charge in [-0.25, -0.2) is 4.98 Å². The largest absolute Gasteiger partial charge is 0.311 e. The zero-order valence-electron chi connectivity index (χ0n) is 11.0. The van der Waals surface area contributed by atoms with Crippen LogP contribution in [0, 0.1) is 5.92 Å². The molecule has 2 nitrogen and oxygen atoms in total. The summed E-state index contributed by atoms with van der Waals surface area (Å²) in [5, 5.41) is 6.96. The van der Waals surface area contributed by atoms with Gasteiger partial charge in [0.1, 0.15) is 0 Å². The van der Waals surface area contributed by atoms with Crippen LogP contribution in [-0.4, -0.2) is 11.5 Å². The van der Waals surface area contributed by atoms with Gasteiger partial charge in [0, 0.05) is 17.8 Å². The Morgan fingerprint density at radius 2 is 2.29 bits per heavy atom. The van der Waals surface area contributed by atoms with Crippen LogP contribution < -0.4 is 5.32 Å². The van der Waals surface area contributed by atoms with Crippen molar-refractivity contribution in [3.63, 3.8) is 0 Å². The topological polar surface area (TPSA) is 24.9 Å². The fraction of sp³-hybridized carbons (Fsp3) is 0.786. The molecule has 0 aromatic carbocycles. The second kappa shape index (κ2) is 6.50. The van der Waals surface area contributed by atoms with E-state index in [2.05, 4.69) is 24.5 Å². The van der Waals surface area contributed by atoms with E-state index in [0.717, 1.165) is 24.9 Å². The third kappa shape index (κ3) is 3.52. The summed E-state index contributed by atoms with van der Waals surface area (Å²) in [7, 11) is 0. The van der Waals surface area contributed by atoms with E-state index in [4.69, 9.17) is 4.98 Å². The molecule has 1 aliphatic rings. The van der Waals surface area contributed by atoms with Crippen molar-refractivity contribution in [2.45, 2.75) is 58.4 Å². The van der Waals surface area contributed by atoms with Gasteiger partial charge in [0.2, 0.25) is 0 Å². The maximum Gasteiger partial charge on any atom is 0.0959 e. The maximum absolute atomic E-state index is 4.80. The average Bonchev–Trinajstić information content (AvgIpc) is 2.85. The van der Waals surface area contributed by atoms with Crippen molar-refractivity contribution >= 4 is 11.3 Å². The minimum atomic E-state index is 0.745. The van der Waals surface area contributed by atoms with Crippen molar-refractivity contribution in [2.75, 3.05) is 6.54 Å². The third-order valence-electron chi connectivity index (χ3n) is 3.84. The van der Waals surface area contributed by atoms with Crippen LogP contribution in [0.2, 0.25) is 0 Å². The van der Waals surface area contributed by atoms with Crippen molar-refractivity contribution < 1.29 is 0 Å². The van der Waals surface area contributed by atoms with Crippen LogP contribution in [0.3, 0.4) is 0 Å². The van der Waals surface area contributed by atoms with E-state index in [1.165, 1.54) is 42.8 Å². The molecule has 1 saturated carbocycles. The maximum atomic E-state index is 4.80. The standard InChI is InChI=1S/C14H24N2S/c1-3-11-6-5-7-12(8-11)14-16-13(10-17-14)9-15-4-2/h10-12,15H,3-9H2,1-2H3. The number of nitrogens with zero attached hydrogens (tertiary/aromatic N) is 1. The fourth-order valence-corrected chi connectivity index (χ4v) is 3.70. The van der Waals surface area contributed by atoms with Crippen molar-refractivity contribution in [3.05, 3.63) is 16.1 Å². The lowest BCUT2D eigenvalue weighted by atomic mass is 9.80. The van der Waals surface area contributed by atoms with Gasteiger partial charge in [-0.3, -0.25) is 0 Å². The minimum Gasteiger partial charge on any atom is -0.311 e. The SMILES string of the molecule is CCNCc1csc(C2CCCC(CC)C2)n1. The summed E-state index contributed by atoms with van der Waals surface area (Å²) in [6.07, 6.45) is 6.88. The zero-order valence-corrected chi connectivity index (χ0v) is 11.9. The highest BCUT2D eigenvalue weighted by atomic mass is 32.1. The van der Waals surface area contributed by atoms with Crippen LogP contribution in [0.5, 0.6) is 0 Å². The van der Waals surface area contributed by atoms with E-state index in [1.54, 1.807) is 0 Å². The summed E-state index contributed by atoms with van der Waals surface area (Å²) in [5.41, 5.74) is 1.23. The Morgan fingerprint density at radius 3 is 3.06 bits per heavy atom. The van der Waals surface area contributed by atoms with E-state index in [0.29, 0.717) is 0 Å². The van der Waals surface area contributed by atoms with E-state index in [-0.39, 0.29) is 0 Å². The molecule has 0 aliphatic heterocycles. The van der Waals surface area contributed by atoms with Crippen molar-refractivity contribution in [1.82, 2.24) is 10.3 Å². The van der Waals surface area contributed by atoms with Crippen molar-refractivity contribution in [3.8, 4) is 0 Å². The van der Waals surface area contributed by atoms with E-state index >= 15 is 0 Å². The van der Waals surface area contributed by atoms with Gasteiger partial charge < -0.3 is 5.32 Å². The fourth-order valence-electron chi connectivity index (χ4n) is 2.73. The summed E-state index contributed by atoms with van der Waals surface area (Å²) in [5.74, 6) is 1.68. The Hall–Kier alpha value is -0.410.